The largest absolute Gasteiger partial charge is 0.494 e. The number of carbonyl (C=O) groups excluding carboxylic acids is 1. The maximum atomic E-state index is 13.8. The third-order valence-corrected chi connectivity index (χ3v) is 16.2. The molecule has 3 aliphatic heterocycles. The average Bonchev–Trinajstić information content (AvgIpc) is 4.10. The molecular formula is C50H61BrN11O5P. The van der Waals surface area contributed by atoms with E-state index < -0.39 is 7.14 Å². The van der Waals surface area contributed by atoms with Crippen molar-refractivity contribution in [3.63, 3.8) is 0 Å². The molecule has 16 nitrogen and oxygen atoms in total. The number of methoxy groups -OCH3 is 1. The summed E-state index contributed by atoms with van der Waals surface area (Å²) in [6.45, 7) is 13.3. The predicted molar refractivity (Wildman–Crippen MR) is 275 cm³/mol. The number of hydrogen-bond donors (Lipinski definition) is 4. The zero-order valence-corrected chi connectivity index (χ0v) is 41.8. The number of aromatic nitrogens is 4. The van der Waals surface area contributed by atoms with Crippen LogP contribution in [-0.2, 0) is 22.2 Å². The van der Waals surface area contributed by atoms with Crippen LogP contribution in [0.1, 0.15) is 62.6 Å². The number of halogens is 1. The van der Waals surface area contributed by atoms with Crippen molar-refractivity contribution in [2.24, 2.45) is 0 Å². The second kappa shape index (κ2) is 19.5. The maximum absolute atomic E-state index is 13.8. The van der Waals surface area contributed by atoms with E-state index in [1.165, 1.54) is 11.3 Å². The Bertz CT molecular complexity index is 2940. The Balaban J connectivity index is 0.749. The van der Waals surface area contributed by atoms with Crippen LogP contribution in [-0.4, -0.2) is 120 Å². The molecular weight excluding hydrogens is 945 g/mol. The van der Waals surface area contributed by atoms with Gasteiger partial charge in [0.2, 0.25) is 11.9 Å². The van der Waals surface area contributed by atoms with Gasteiger partial charge < -0.3 is 44.8 Å². The lowest BCUT2D eigenvalue weighted by molar-refractivity contribution is -0.122. The van der Waals surface area contributed by atoms with E-state index in [4.69, 9.17) is 19.1 Å². The number of piperazine rings is 1. The van der Waals surface area contributed by atoms with E-state index >= 15 is 0 Å². The van der Waals surface area contributed by atoms with Gasteiger partial charge in [0.15, 0.2) is 5.58 Å². The summed E-state index contributed by atoms with van der Waals surface area (Å²) in [5.74, 6) is 2.17. The number of benzene rings is 3. The minimum absolute atomic E-state index is 0.0315. The summed E-state index contributed by atoms with van der Waals surface area (Å²) in [6.07, 6.45) is 9.04. The normalized spacial score (nSPS) is 18.8. The van der Waals surface area contributed by atoms with Crippen molar-refractivity contribution >= 4 is 90.9 Å². The Morgan fingerprint density at radius 3 is 2.43 bits per heavy atom. The summed E-state index contributed by atoms with van der Waals surface area (Å²) >= 11 is 3.65. The van der Waals surface area contributed by atoms with E-state index in [-0.39, 0.29) is 17.7 Å². The van der Waals surface area contributed by atoms with Crippen molar-refractivity contribution in [3.05, 3.63) is 86.9 Å². The van der Waals surface area contributed by atoms with Gasteiger partial charge in [-0.1, -0.05) is 13.0 Å². The molecule has 0 bridgehead atoms. The van der Waals surface area contributed by atoms with Crippen LogP contribution in [0.25, 0.3) is 22.0 Å². The number of fused-ring (bicyclic) bond motifs is 2. The summed E-state index contributed by atoms with van der Waals surface area (Å²) in [6, 6.07) is 19.3. The van der Waals surface area contributed by atoms with Crippen molar-refractivity contribution in [3.8, 4) is 5.75 Å². The van der Waals surface area contributed by atoms with Gasteiger partial charge >= 0.3 is 5.76 Å². The van der Waals surface area contributed by atoms with Crippen LogP contribution in [0.3, 0.4) is 0 Å². The molecule has 4 N–H and O–H groups in total. The standard InChI is InChI=1S/C50H61BrN11O5P/c1-5-32-27-40(57-49-53-30-37(51)48(58-49)56-39-12-11-38-36(47(39)68(3,4)65)10-14-45(55-38)54-33-7-8-33)43(66-2)28-42(32)61-20-17-34(18-21-61)60-24-22-59(23-25-60)19-16-31-6-13-41-44(26-31)67-50(64)62(41)35-9-15-46(63)52-29-35/h6,10-14,26-28,30,33-35H,5,7-9,15-25,29H2,1-4H3,(H,52,63)(H,54,55)(H2,53,56,57,58). The lowest BCUT2D eigenvalue weighted by Gasteiger charge is -2.43. The third-order valence-electron chi connectivity index (χ3n) is 14.1. The number of carbonyl (C=O) groups is 1. The van der Waals surface area contributed by atoms with E-state index in [0.717, 1.165) is 123 Å². The van der Waals surface area contributed by atoms with Crippen LogP contribution < -0.4 is 42.0 Å². The lowest BCUT2D eigenvalue weighted by Crippen LogP contribution is -2.53. The van der Waals surface area contributed by atoms with E-state index in [1.807, 2.05) is 36.4 Å². The molecule has 3 aromatic carbocycles. The van der Waals surface area contributed by atoms with Gasteiger partial charge in [0.25, 0.3) is 0 Å². The van der Waals surface area contributed by atoms with Crippen LogP contribution in [0.15, 0.2) is 74.5 Å². The Hall–Kier alpha value is -5.48. The number of oxazole rings is 1. The van der Waals surface area contributed by atoms with Crippen molar-refractivity contribution < 1.29 is 18.5 Å². The Morgan fingerprint density at radius 1 is 0.897 bits per heavy atom. The fourth-order valence-electron chi connectivity index (χ4n) is 10.2. The molecule has 6 heterocycles. The number of nitrogens with zero attached hydrogens (tertiary/aromatic N) is 7. The number of nitrogens with one attached hydrogen (secondary N) is 4. The molecule has 10 rings (SSSR count). The Morgan fingerprint density at radius 2 is 1.71 bits per heavy atom. The van der Waals surface area contributed by atoms with E-state index in [2.05, 4.69) is 82.0 Å². The molecule has 6 aromatic rings. The van der Waals surface area contributed by atoms with Crippen LogP contribution in [0.4, 0.5) is 34.6 Å². The Labute approximate surface area is 405 Å². The average molecular weight is 1010 g/mol. The molecule has 4 fully saturated rings. The zero-order chi connectivity index (χ0) is 47.1. The van der Waals surface area contributed by atoms with Gasteiger partial charge in [0.1, 0.15) is 24.5 Å². The van der Waals surface area contributed by atoms with Gasteiger partial charge in [-0.2, -0.15) is 4.98 Å². The van der Waals surface area contributed by atoms with Crippen molar-refractivity contribution in [1.82, 2.24) is 34.6 Å². The molecule has 68 heavy (non-hydrogen) atoms. The van der Waals surface area contributed by atoms with E-state index in [9.17, 15) is 14.2 Å². The van der Waals surface area contributed by atoms with Gasteiger partial charge in [0, 0.05) is 99.5 Å². The zero-order valence-electron chi connectivity index (χ0n) is 39.3. The highest BCUT2D eigenvalue weighted by atomic mass is 79.9. The molecule has 0 spiro atoms. The van der Waals surface area contributed by atoms with Crippen LogP contribution in [0, 0.1) is 0 Å². The lowest BCUT2D eigenvalue weighted by atomic mass is 9.99. The van der Waals surface area contributed by atoms with Gasteiger partial charge in [0.05, 0.1) is 40.0 Å². The number of aryl methyl sites for hydroxylation is 1. The number of amides is 1. The van der Waals surface area contributed by atoms with Gasteiger partial charge in [-0.15, -0.1) is 0 Å². The number of pyridine rings is 1. The fraction of sp³-hybridized carbons (Fsp3) is 0.460. The summed E-state index contributed by atoms with van der Waals surface area (Å²) in [7, 11) is -1.06. The molecule has 3 aromatic heterocycles. The highest BCUT2D eigenvalue weighted by Gasteiger charge is 2.30. The van der Waals surface area contributed by atoms with E-state index in [1.54, 1.807) is 31.2 Å². The molecule has 18 heteroatoms. The molecule has 4 aliphatic rings. The molecule has 1 saturated carbocycles. The molecule has 1 unspecified atom stereocenters. The van der Waals surface area contributed by atoms with Gasteiger partial charge in [-0.25, -0.2) is 14.8 Å². The fourth-order valence-corrected chi connectivity index (χ4v) is 12.0. The van der Waals surface area contributed by atoms with E-state index in [0.29, 0.717) is 64.7 Å². The maximum Gasteiger partial charge on any atom is 0.420 e. The first-order valence-electron chi connectivity index (χ1n) is 24.1. The monoisotopic (exact) mass is 1010 g/mol. The first-order valence-corrected chi connectivity index (χ1v) is 27.5. The first-order chi connectivity index (χ1) is 32.9. The van der Waals surface area contributed by atoms with Crippen LogP contribution in [0.2, 0.25) is 0 Å². The quantitative estimate of drug-likeness (QED) is 0.0732. The highest BCUT2D eigenvalue weighted by molar-refractivity contribution is 9.10. The summed E-state index contributed by atoms with van der Waals surface area (Å²) in [5, 5.41) is 14.8. The number of piperidine rings is 2. The number of ether oxygens (including phenoxy) is 1. The predicted octanol–water partition coefficient (Wildman–Crippen LogP) is 7.86. The number of anilines is 6. The second-order valence-electron chi connectivity index (χ2n) is 19.1. The molecule has 1 aliphatic carbocycles. The van der Waals surface area contributed by atoms with Crippen LogP contribution >= 0.6 is 23.1 Å². The summed E-state index contributed by atoms with van der Waals surface area (Å²) in [5.41, 5.74) is 7.28. The van der Waals surface area contributed by atoms with Gasteiger partial charge in [-0.3, -0.25) is 14.3 Å². The van der Waals surface area contributed by atoms with Crippen molar-refractivity contribution in [1.29, 1.82) is 0 Å². The number of rotatable bonds is 15. The molecule has 3 saturated heterocycles. The second-order valence-corrected chi connectivity index (χ2v) is 23.1. The van der Waals surface area contributed by atoms with Crippen molar-refractivity contribution in [2.45, 2.75) is 76.4 Å². The Kier molecular flexibility index (Phi) is 13.3. The smallest absolute Gasteiger partial charge is 0.420 e. The molecule has 358 valence electrons. The molecule has 1 atom stereocenters. The topological polar surface area (TPSA) is 175 Å². The molecule has 0 radical (unpaired) electrons. The molecule has 1 amide bonds. The van der Waals surface area contributed by atoms with Gasteiger partial charge in [-0.05, 0) is 128 Å². The summed E-state index contributed by atoms with van der Waals surface area (Å²) in [4.78, 5) is 46.5. The first kappa shape index (κ1) is 46.3. The van der Waals surface area contributed by atoms with Crippen LogP contribution in [0.5, 0.6) is 5.75 Å². The minimum atomic E-state index is -2.76. The third kappa shape index (κ3) is 9.99. The summed E-state index contributed by atoms with van der Waals surface area (Å²) < 4.78 is 27.9. The van der Waals surface area contributed by atoms with Crippen molar-refractivity contribution in [2.75, 3.05) is 93.6 Å². The minimum Gasteiger partial charge on any atom is -0.494 e. The SMILES string of the molecule is CCc1cc(Nc2ncc(Br)c(Nc3ccc4nc(NC5CC5)ccc4c3P(C)(C)=O)n2)c(OC)cc1N1CCC(N2CCN(CCc3ccc4c(c3)oc(=O)n4C3CCC(=O)NC3)CC2)CC1. The highest BCUT2D eigenvalue weighted by Crippen LogP contribution is 2.43. The number of hydrogen-bond acceptors (Lipinski definition) is 14.